The number of rotatable bonds is 2. The Hall–Kier alpha value is -2.11. The van der Waals surface area contributed by atoms with Crippen LogP contribution in [0.3, 0.4) is 0 Å². The second-order valence-corrected chi connectivity index (χ2v) is 1.60. The van der Waals surface area contributed by atoms with E-state index in [0.29, 0.717) is 0 Å². The Morgan fingerprint density at radius 1 is 0.929 bits per heavy atom. The van der Waals surface area contributed by atoms with Crippen LogP contribution in [-0.2, 0) is 14.4 Å². The van der Waals surface area contributed by atoms with Crippen molar-refractivity contribution in [2.75, 3.05) is 0 Å². The molecular formula is C8H12O6. The maximum atomic E-state index is 9.25. The smallest absolute Gasteiger partial charge is 0.327 e. The normalized spacial score (nSPS) is 6.36. The maximum absolute atomic E-state index is 9.25. The number of hydrogen-bond donors (Lipinski definition) is 3. The van der Waals surface area contributed by atoms with Crippen LogP contribution in [0.2, 0.25) is 0 Å². The lowest BCUT2D eigenvalue weighted by atomic mass is 10.7. The standard InChI is InChI=1S/2C3H4O2.C2H4O2/c2*1-2-3(4)5;1-2(3)4/h2*2H,1H2,(H,4,5);1H3,(H,3,4). The summed E-state index contributed by atoms with van der Waals surface area (Å²) in [6.07, 6.45) is 1.67. The van der Waals surface area contributed by atoms with Gasteiger partial charge in [0.15, 0.2) is 0 Å². The molecule has 0 radical (unpaired) electrons. The molecule has 0 rings (SSSR count). The van der Waals surface area contributed by atoms with Crippen LogP contribution in [0.4, 0.5) is 0 Å². The molecule has 0 saturated carbocycles. The molecule has 0 aromatic heterocycles. The van der Waals surface area contributed by atoms with Crippen molar-refractivity contribution in [2.24, 2.45) is 0 Å². The van der Waals surface area contributed by atoms with E-state index < -0.39 is 17.9 Å². The van der Waals surface area contributed by atoms with Gasteiger partial charge < -0.3 is 15.3 Å². The highest BCUT2D eigenvalue weighted by Crippen LogP contribution is 1.55. The van der Waals surface area contributed by atoms with Gasteiger partial charge in [0.2, 0.25) is 0 Å². The van der Waals surface area contributed by atoms with E-state index in [-0.39, 0.29) is 0 Å². The first kappa shape index (κ1) is 17.8. The molecular weight excluding hydrogens is 192 g/mol. The van der Waals surface area contributed by atoms with Crippen molar-refractivity contribution in [1.29, 1.82) is 0 Å². The van der Waals surface area contributed by atoms with Crippen LogP contribution in [0.1, 0.15) is 6.92 Å². The molecule has 0 atom stereocenters. The van der Waals surface area contributed by atoms with Gasteiger partial charge in [-0.1, -0.05) is 13.2 Å². The van der Waals surface area contributed by atoms with Gasteiger partial charge in [-0.3, -0.25) is 4.79 Å². The Morgan fingerprint density at radius 2 is 1.00 bits per heavy atom. The van der Waals surface area contributed by atoms with Crippen molar-refractivity contribution < 1.29 is 29.7 Å². The topological polar surface area (TPSA) is 112 Å². The van der Waals surface area contributed by atoms with E-state index in [1.807, 2.05) is 0 Å². The van der Waals surface area contributed by atoms with Gasteiger partial charge in [0.25, 0.3) is 5.97 Å². The zero-order valence-corrected chi connectivity index (χ0v) is 7.64. The van der Waals surface area contributed by atoms with Crippen LogP contribution in [0.15, 0.2) is 25.3 Å². The molecule has 0 spiro atoms. The first-order valence-electron chi connectivity index (χ1n) is 3.18. The summed E-state index contributed by atoms with van der Waals surface area (Å²) in [7, 11) is 0. The third-order valence-corrected chi connectivity index (χ3v) is 0.349. The van der Waals surface area contributed by atoms with Crippen LogP contribution >= 0.6 is 0 Å². The monoisotopic (exact) mass is 204 g/mol. The molecule has 0 aromatic carbocycles. The molecule has 0 unspecified atom stereocenters. The summed E-state index contributed by atoms with van der Waals surface area (Å²) in [5, 5.41) is 22.6. The van der Waals surface area contributed by atoms with Gasteiger partial charge in [-0.05, 0) is 0 Å². The van der Waals surface area contributed by atoms with Crippen LogP contribution in [-0.4, -0.2) is 33.2 Å². The minimum atomic E-state index is -0.981. The van der Waals surface area contributed by atoms with Crippen LogP contribution in [0.25, 0.3) is 0 Å². The second kappa shape index (κ2) is 13.5. The summed E-state index contributed by atoms with van der Waals surface area (Å²) in [4.78, 5) is 27.5. The average molecular weight is 204 g/mol. The van der Waals surface area contributed by atoms with E-state index in [1.165, 1.54) is 0 Å². The minimum Gasteiger partial charge on any atom is -0.481 e. The van der Waals surface area contributed by atoms with E-state index in [9.17, 15) is 9.59 Å². The maximum Gasteiger partial charge on any atom is 0.327 e. The molecule has 0 aromatic rings. The lowest BCUT2D eigenvalue weighted by molar-refractivity contribution is -0.134. The summed E-state index contributed by atoms with van der Waals surface area (Å²) in [5.74, 6) is -2.80. The van der Waals surface area contributed by atoms with Crippen LogP contribution in [0, 0.1) is 0 Å². The molecule has 0 bridgehead atoms. The fraction of sp³-hybridized carbons (Fsp3) is 0.125. The summed E-state index contributed by atoms with van der Waals surface area (Å²) in [5.41, 5.74) is 0. The molecule has 0 heterocycles. The van der Waals surface area contributed by atoms with E-state index in [1.54, 1.807) is 0 Å². The van der Waals surface area contributed by atoms with Crippen LogP contribution < -0.4 is 0 Å². The van der Waals surface area contributed by atoms with Crippen molar-refractivity contribution in [3.05, 3.63) is 25.3 Å². The van der Waals surface area contributed by atoms with Crippen molar-refractivity contribution in [3.63, 3.8) is 0 Å². The SMILES string of the molecule is C=CC(=O)O.C=CC(=O)O.CC(=O)O. The summed E-state index contributed by atoms with van der Waals surface area (Å²) in [6, 6.07) is 0. The molecule has 0 amide bonds. The summed E-state index contributed by atoms with van der Waals surface area (Å²) in [6.45, 7) is 7.00. The second-order valence-electron chi connectivity index (χ2n) is 1.60. The summed E-state index contributed by atoms with van der Waals surface area (Å²) >= 11 is 0. The molecule has 6 nitrogen and oxygen atoms in total. The van der Waals surface area contributed by atoms with Gasteiger partial charge in [0.1, 0.15) is 0 Å². The molecule has 0 saturated heterocycles. The first-order chi connectivity index (χ1) is 6.27. The fourth-order valence-corrected chi connectivity index (χ4v) is 0. The number of aliphatic carboxylic acids is 3. The molecule has 0 fully saturated rings. The predicted molar refractivity (Wildman–Crippen MR) is 49.0 cm³/mol. The Kier molecular flexibility index (Phi) is 17.2. The first-order valence-corrected chi connectivity index (χ1v) is 3.18. The highest BCUT2D eigenvalue weighted by atomic mass is 16.4. The van der Waals surface area contributed by atoms with E-state index in [0.717, 1.165) is 19.1 Å². The largest absolute Gasteiger partial charge is 0.481 e. The molecule has 14 heavy (non-hydrogen) atoms. The molecule has 3 N–H and O–H groups in total. The Morgan fingerprint density at radius 3 is 1.00 bits per heavy atom. The van der Waals surface area contributed by atoms with E-state index >= 15 is 0 Å². The third-order valence-electron chi connectivity index (χ3n) is 0.349. The zero-order chi connectivity index (χ0) is 12.1. The van der Waals surface area contributed by atoms with Crippen molar-refractivity contribution >= 4 is 17.9 Å². The molecule has 0 aliphatic carbocycles. The van der Waals surface area contributed by atoms with Crippen molar-refractivity contribution in [1.82, 2.24) is 0 Å². The lowest BCUT2D eigenvalue weighted by Crippen LogP contribution is -1.82. The highest BCUT2D eigenvalue weighted by molar-refractivity contribution is 5.79. The van der Waals surface area contributed by atoms with Crippen molar-refractivity contribution in [2.45, 2.75) is 6.92 Å². The Balaban J connectivity index is -0.000000131. The Bertz CT molecular complexity index is 196. The lowest BCUT2D eigenvalue weighted by Gasteiger charge is -1.64. The zero-order valence-electron chi connectivity index (χ0n) is 7.64. The molecule has 0 aliphatic rings. The van der Waals surface area contributed by atoms with Gasteiger partial charge >= 0.3 is 11.9 Å². The van der Waals surface area contributed by atoms with E-state index in [4.69, 9.17) is 20.1 Å². The minimum absolute atomic E-state index is 0.833. The van der Waals surface area contributed by atoms with Gasteiger partial charge in [-0.25, -0.2) is 9.59 Å². The Labute approximate surface area is 80.8 Å². The third kappa shape index (κ3) is 219. The molecule has 0 aliphatic heterocycles. The number of carboxylic acids is 3. The number of carboxylic acid groups (broad SMARTS) is 3. The molecule has 6 heteroatoms. The predicted octanol–water partition coefficient (Wildman–Crippen LogP) is 0.605. The van der Waals surface area contributed by atoms with Gasteiger partial charge in [0.05, 0.1) is 0 Å². The quantitative estimate of drug-likeness (QED) is 0.568. The number of hydrogen-bond acceptors (Lipinski definition) is 3. The number of carbonyl (C=O) groups is 3. The van der Waals surface area contributed by atoms with Crippen molar-refractivity contribution in [3.8, 4) is 0 Å². The highest BCUT2D eigenvalue weighted by Gasteiger charge is 1.73. The fourth-order valence-electron chi connectivity index (χ4n) is 0. The average Bonchev–Trinajstić information content (AvgIpc) is 2.04. The van der Waals surface area contributed by atoms with Gasteiger partial charge in [-0.15, -0.1) is 0 Å². The van der Waals surface area contributed by atoms with Crippen LogP contribution in [0.5, 0.6) is 0 Å². The molecule has 80 valence electrons. The van der Waals surface area contributed by atoms with E-state index in [2.05, 4.69) is 13.2 Å². The summed E-state index contributed by atoms with van der Waals surface area (Å²) < 4.78 is 0. The van der Waals surface area contributed by atoms with Gasteiger partial charge in [-0.2, -0.15) is 0 Å². The van der Waals surface area contributed by atoms with Gasteiger partial charge in [0, 0.05) is 19.1 Å².